The van der Waals surface area contributed by atoms with E-state index in [1.807, 2.05) is 35.0 Å². The molecule has 0 unspecified atom stereocenters. The van der Waals surface area contributed by atoms with E-state index in [-0.39, 0.29) is 0 Å². The van der Waals surface area contributed by atoms with Crippen LogP contribution < -0.4 is 0 Å². The van der Waals surface area contributed by atoms with Gasteiger partial charge in [-0.1, -0.05) is 47.5 Å². The van der Waals surface area contributed by atoms with Gasteiger partial charge in [-0.25, -0.2) is 4.98 Å². The highest BCUT2D eigenvalue weighted by atomic mass is 35.5. The van der Waals surface area contributed by atoms with Crippen molar-refractivity contribution in [2.24, 2.45) is 0 Å². The summed E-state index contributed by atoms with van der Waals surface area (Å²) in [6, 6.07) is 14.4. The zero-order valence-electron chi connectivity index (χ0n) is 11.7. The van der Waals surface area contributed by atoms with E-state index in [1.165, 1.54) is 0 Å². The van der Waals surface area contributed by atoms with Crippen molar-refractivity contribution in [3.63, 3.8) is 0 Å². The first kappa shape index (κ1) is 15.1. The largest absolute Gasteiger partial charge is 0.378 e. The predicted molar refractivity (Wildman–Crippen MR) is 88.1 cm³/mol. The van der Waals surface area contributed by atoms with Crippen molar-refractivity contribution in [3.8, 4) is 0 Å². The monoisotopic (exact) mass is 332 g/mol. The Hall–Kier alpha value is -1.81. The van der Waals surface area contributed by atoms with Crippen LogP contribution in [0.2, 0.25) is 10.0 Å². The molecule has 0 saturated carbocycles. The first-order chi connectivity index (χ1) is 10.6. The van der Waals surface area contributed by atoms with Gasteiger partial charge in [0.15, 0.2) is 0 Å². The summed E-state index contributed by atoms with van der Waals surface area (Å²) >= 11 is 11.9. The van der Waals surface area contributed by atoms with Crippen LogP contribution in [0, 0.1) is 0 Å². The standard InChI is InChI=1S/C17H14Cl2N2O/c18-15-5-1-13(2-6-15)17(22,11-21-10-9-20-12-21)14-3-7-16(19)8-4-14/h1-10,12,22H,11H2. The molecule has 0 saturated heterocycles. The van der Waals surface area contributed by atoms with E-state index in [1.54, 1.807) is 36.8 Å². The van der Waals surface area contributed by atoms with E-state index < -0.39 is 5.60 Å². The molecule has 0 aliphatic heterocycles. The molecule has 3 aromatic rings. The Balaban J connectivity index is 2.08. The molecule has 0 aliphatic carbocycles. The van der Waals surface area contributed by atoms with E-state index in [2.05, 4.69) is 4.98 Å². The van der Waals surface area contributed by atoms with Gasteiger partial charge in [-0.2, -0.15) is 0 Å². The Morgan fingerprint density at radius 3 is 1.82 bits per heavy atom. The summed E-state index contributed by atoms with van der Waals surface area (Å²) in [5, 5.41) is 12.6. The highest BCUT2D eigenvalue weighted by Crippen LogP contribution is 2.33. The minimum absolute atomic E-state index is 0.344. The summed E-state index contributed by atoms with van der Waals surface area (Å²) < 4.78 is 1.84. The molecule has 0 spiro atoms. The Morgan fingerprint density at radius 2 is 1.41 bits per heavy atom. The summed E-state index contributed by atoms with van der Waals surface area (Å²) in [6.45, 7) is 0.344. The second-order valence-corrected chi connectivity index (χ2v) is 5.98. The van der Waals surface area contributed by atoms with Crippen molar-refractivity contribution in [1.29, 1.82) is 0 Å². The van der Waals surface area contributed by atoms with Gasteiger partial charge < -0.3 is 9.67 Å². The summed E-state index contributed by atoms with van der Waals surface area (Å²) in [7, 11) is 0. The Morgan fingerprint density at radius 1 is 0.909 bits per heavy atom. The van der Waals surface area contributed by atoms with Crippen LogP contribution in [0.5, 0.6) is 0 Å². The molecular weight excluding hydrogens is 319 g/mol. The van der Waals surface area contributed by atoms with Crippen molar-refractivity contribution in [2.45, 2.75) is 12.1 Å². The maximum absolute atomic E-state index is 11.4. The predicted octanol–water partition coefficient (Wildman–Crippen LogP) is 4.13. The fourth-order valence-corrected chi connectivity index (χ4v) is 2.70. The van der Waals surface area contributed by atoms with Crippen LogP contribution in [0.4, 0.5) is 0 Å². The van der Waals surface area contributed by atoms with Gasteiger partial charge in [0.25, 0.3) is 0 Å². The zero-order valence-corrected chi connectivity index (χ0v) is 13.2. The molecule has 2 aromatic carbocycles. The smallest absolute Gasteiger partial charge is 0.132 e. The number of imidazole rings is 1. The molecule has 0 atom stereocenters. The van der Waals surface area contributed by atoms with Gasteiger partial charge in [-0.3, -0.25) is 0 Å². The van der Waals surface area contributed by atoms with Crippen LogP contribution in [0.3, 0.4) is 0 Å². The first-order valence-electron chi connectivity index (χ1n) is 6.78. The summed E-state index contributed by atoms with van der Waals surface area (Å²) in [5.74, 6) is 0. The lowest BCUT2D eigenvalue weighted by atomic mass is 9.86. The van der Waals surface area contributed by atoms with Gasteiger partial charge in [0.05, 0.1) is 12.9 Å². The molecule has 3 nitrogen and oxygen atoms in total. The third-order valence-electron chi connectivity index (χ3n) is 3.61. The third kappa shape index (κ3) is 3.02. The average molecular weight is 333 g/mol. The van der Waals surface area contributed by atoms with Crippen molar-refractivity contribution in [1.82, 2.24) is 9.55 Å². The van der Waals surface area contributed by atoms with E-state index >= 15 is 0 Å². The minimum Gasteiger partial charge on any atom is -0.378 e. The molecule has 1 heterocycles. The first-order valence-corrected chi connectivity index (χ1v) is 7.54. The highest BCUT2D eigenvalue weighted by Gasteiger charge is 2.32. The quantitative estimate of drug-likeness (QED) is 0.780. The molecular formula is C17H14Cl2N2O. The summed E-state index contributed by atoms with van der Waals surface area (Å²) in [5.41, 5.74) is 0.316. The normalized spacial score (nSPS) is 11.6. The van der Waals surface area contributed by atoms with Gasteiger partial charge in [-0.15, -0.1) is 0 Å². The maximum Gasteiger partial charge on any atom is 0.132 e. The lowest BCUT2D eigenvalue weighted by Gasteiger charge is -2.30. The average Bonchev–Trinajstić information content (AvgIpc) is 3.01. The number of rotatable bonds is 4. The van der Waals surface area contributed by atoms with Gasteiger partial charge in [-0.05, 0) is 35.4 Å². The van der Waals surface area contributed by atoms with Crippen LogP contribution in [0.25, 0.3) is 0 Å². The van der Waals surface area contributed by atoms with Crippen LogP contribution in [0.1, 0.15) is 11.1 Å². The van der Waals surface area contributed by atoms with E-state index in [4.69, 9.17) is 23.2 Å². The molecule has 0 fully saturated rings. The van der Waals surface area contributed by atoms with Crippen LogP contribution in [-0.4, -0.2) is 14.7 Å². The summed E-state index contributed by atoms with van der Waals surface area (Å²) in [6.07, 6.45) is 5.18. The fourth-order valence-electron chi connectivity index (χ4n) is 2.44. The Labute approximate surface area is 138 Å². The third-order valence-corrected chi connectivity index (χ3v) is 4.12. The lowest BCUT2D eigenvalue weighted by Crippen LogP contribution is -2.32. The van der Waals surface area contributed by atoms with E-state index in [9.17, 15) is 5.11 Å². The minimum atomic E-state index is -1.20. The second-order valence-electron chi connectivity index (χ2n) is 5.11. The SMILES string of the molecule is OC(Cn1ccnc1)(c1ccc(Cl)cc1)c1ccc(Cl)cc1. The van der Waals surface area contributed by atoms with Gasteiger partial charge in [0, 0.05) is 22.4 Å². The molecule has 22 heavy (non-hydrogen) atoms. The van der Waals surface area contributed by atoms with E-state index in [0.29, 0.717) is 16.6 Å². The zero-order chi connectivity index (χ0) is 15.6. The second kappa shape index (κ2) is 6.13. The molecule has 1 N–H and O–H groups in total. The maximum atomic E-state index is 11.4. The molecule has 0 radical (unpaired) electrons. The lowest BCUT2D eigenvalue weighted by molar-refractivity contribution is 0.0612. The van der Waals surface area contributed by atoms with Gasteiger partial charge in [0.1, 0.15) is 5.60 Å². The van der Waals surface area contributed by atoms with Crippen LogP contribution in [0.15, 0.2) is 67.3 Å². The topological polar surface area (TPSA) is 38.0 Å². The van der Waals surface area contributed by atoms with Crippen molar-refractivity contribution in [2.75, 3.05) is 0 Å². The van der Waals surface area contributed by atoms with Crippen molar-refractivity contribution in [3.05, 3.63) is 88.4 Å². The molecule has 1 aromatic heterocycles. The Kier molecular flexibility index (Phi) is 4.21. The number of hydrogen-bond donors (Lipinski definition) is 1. The molecule has 112 valence electrons. The number of aromatic nitrogens is 2. The molecule has 5 heteroatoms. The van der Waals surface area contributed by atoms with Crippen LogP contribution in [-0.2, 0) is 12.1 Å². The van der Waals surface area contributed by atoms with Gasteiger partial charge in [0.2, 0.25) is 0 Å². The number of halogens is 2. The number of nitrogens with zero attached hydrogens (tertiary/aromatic N) is 2. The Bertz CT molecular complexity index is 692. The molecule has 0 amide bonds. The van der Waals surface area contributed by atoms with Crippen molar-refractivity contribution >= 4 is 23.2 Å². The summed E-state index contributed by atoms with van der Waals surface area (Å²) in [4.78, 5) is 4.03. The number of aliphatic hydroxyl groups is 1. The number of hydrogen-bond acceptors (Lipinski definition) is 2. The molecule has 0 bridgehead atoms. The molecule has 3 rings (SSSR count). The van der Waals surface area contributed by atoms with Crippen LogP contribution >= 0.6 is 23.2 Å². The van der Waals surface area contributed by atoms with Gasteiger partial charge >= 0.3 is 0 Å². The number of benzene rings is 2. The van der Waals surface area contributed by atoms with Crippen molar-refractivity contribution < 1.29 is 5.11 Å². The fraction of sp³-hybridized carbons (Fsp3) is 0.118. The van der Waals surface area contributed by atoms with E-state index in [0.717, 1.165) is 11.1 Å². The highest BCUT2D eigenvalue weighted by molar-refractivity contribution is 6.30. The molecule has 0 aliphatic rings.